The van der Waals surface area contributed by atoms with Crippen molar-refractivity contribution in [3.05, 3.63) is 58.7 Å². The molecule has 1 saturated heterocycles. The van der Waals surface area contributed by atoms with Gasteiger partial charge in [0.2, 0.25) is 0 Å². The quantitative estimate of drug-likeness (QED) is 0.764. The summed E-state index contributed by atoms with van der Waals surface area (Å²) in [5.41, 5.74) is 1.82. The number of nitrogens with one attached hydrogen (secondary N) is 1. The van der Waals surface area contributed by atoms with Crippen molar-refractivity contribution in [2.45, 2.75) is 24.5 Å². The first-order valence-corrected chi connectivity index (χ1v) is 10.6. The van der Waals surface area contributed by atoms with Gasteiger partial charge in [-0.25, -0.2) is 4.98 Å². The Kier molecular flexibility index (Phi) is 6.80. The minimum absolute atomic E-state index is 0.0729. The summed E-state index contributed by atoms with van der Waals surface area (Å²) in [5, 5.41) is 4.35. The number of thioether (sulfide) groups is 1. The number of amides is 1. The SMILES string of the molecule is CSC(CNc1ncccc1C(=O)N1CCCCC1)c1cccc(Cl)c1. The third kappa shape index (κ3) is 4.71. The third-order valence-electron chi connectivity index (χ3n) is 4.64. The molecule has 6 heteroatoms. The molecule has 1 N–H and O–H groups in total. The van der Waals surface area contributed by atoms with Crippen LogP contribution in [0.1, 0.15) is 40.4 Å². The topological polar surface area (TPSA) is 45.2 Å². The van der Waals surface area contributed by atoms with Gasteiger partial charge in [-0.3, -0.25) is 4.79 Å². The number of pyridine rings is 1. The summed E-state index contributed by atoms with van der Waals surface area (Å²) in [5.74, 6) is 0.730. The summed E-state index contributed by atoms with van der Waals surface area (Å²) in [6, 6.07) is 11.6. The molecule has 1 atom stereocenters. The van der Waals surface area contributed by atoms with E-state index >= 15 is 0 Å². The molecule has 1 aromatic heterocycles. The van der Waals surface area contributed by atoms with Gasteiger partial charge in [0, 0.05) is 36.1 Å². The number of piperidine rings is 1. The van der Waals surface area contributed by atoms with Crippen molar-refractivity contribution in [1.82, 2.24) is 9.88 Å². The molecule has 2 aromatic rings. The molecule has 0 aliphatic carbocycles. The molecule has 138 valence electrons. The van der Waals surface area contributed by atoms with Gasteiger partial charge in [0.15, 0.2) is 0 Å². The van der Waals surface area contributed by atoms with E-state index in [-0.39, 0.29) is 11.2 Å². The van der Waals surface area contributed by atoms with Gasteiger partial charge >= 0.3 is 0 Å². The molecule has 3 rings (SSSR count). The Bertz CT molecular complexity index is 749. The molecule has 1 aliphatic heterocycles. The molecule has 0 radical (unpaired) electrons. The number of carbonyl (C=O) groups excluding carboxylic acids is 1. The average molecular weight is 390 g/mol. The van der Waals surface area contributed by atoms with Crippen LogP contribution in [0.15, 0.2) is 42.6 Å². The fraction of sp³-hybridized carbons (Fsp3) is 0.400. The molecule has 26 heavy (non-hydrogen) atoms. The second-order valence-electron chi connectivity index (χ2n) is 6.41. The van der Waals surface area contributed by atoms with Crippen LogP contribution in [0.4, 0.5) is 5.82 Å². The molecular weight excluding hydrogens is 366 g/mol. The lowest BCUT2D eigenvalue weighted by atomic mass is 10.1. The lowest BCUT2D eigenvalue weighted by Crippen LogP contribution is -2.36. The van der Waals surface area contributed by atoms with E-state index in [1.807, 2.05) is 35.2 Å². The summed E-state index contributed by atoms with van der Waals surface area (Å²) in [6.07, 6.45) is 7.17. The van der Waals surface area contributed by atoms with Crippen molar-refractivity contribution in [2.24, 2.45) is 0 Å². The van der Waals surface area contributed by atoms with Crippen molar-refractivity contribution >= 4 is 35.1 Å². The third-order valence-corrected chi connectivity index (χ3v) is 5.88. The number of anilines is 1. The van der Waals surface area contributed by atoms with Gasteiger partial charge in [-0.05, 0) is 55.3 Å². The first-order chi connectivity index (χ1) is 12.7. The highest BCUT2D eigenvalue weighted by molar-refractivity contribution is 7.98. The van der Waals surface area contributed by atoms with Crippen LogP contribution in [0, 0.1) is 0 Å². The van der Waals surface area contributed by atoms with Crippen LogP contribution in [0.25, 0.3) is 0 Å². The highest BCUT2D eigenvalue weighted by atomic mass is 35.5. The van der Waals surface area contributed by atoms with E-state index in [4.69, 9.17) is 11.6 Å². The number of halogens is 1. The second-order valence-corrected chi connectivity index (χ2v) is 7.89. The molecule has 1 aliphatic rings. The Balaban J connectivity index is 1.72. The summed E-state index contributed by atoms with van der Waals surface area (Å²) in [6.45, 7) is 2.35. The van der Waals surface area contributed by atoms with E-state index in [2.05, 4.69) is 22.6 Å². The van der Waals surface area contributed by atoms with Crippen LogP contribution in [0.5, 0.6) is 0 Å². The number of hydrogen-bond donors (Lipinski definition) is 1. The Hall–Kier alpha value is -1.72. The fourth-order valence-electron chi connectivity index (χ4n) is 3.22. The van der Waals surface area contributed by atoms with Crippen molar-refractivity contribution in [1.29, 1.82) is 0 Å². The first-order valence-electron chi connectivity index (χ1n) is 8.95. The number of hydrogen-bond acceptors (Lipinski definition) is 4. The van der Waals surface area contributed by atoms with E-state index in [0.717, 1.165) is 36.5 Å². The van der Waals surface area contributed by atoms with Crippen molar-refractivity contribution in [3.63, 3.8) is 0 Å². The summed E-state index contributed by atoms with van der Waals surface area (Å²) < 4.78 is 0. The molecule has 1 unspecified atom stereocenters. The molecule has 2 heterocycles. The molecule has 0 spiro atoms. The number of likely N-dealkylation sites (tertiary alicyclic amines) is 1. The maximum atomic E-state index is 12.9. The molecule has 0 saturated carbocycles. The normalized spacial score (nSPS) is 15.5. The van der Waals surface area contributed by atoms with Gasteiger partial charge in [-0.2, -0.15) is 11.8 Å². The standard InChI is InChI=1S/C20H24ClN3OS/c1-26-18(15-7-5-8-16(21)13-15)14-23-19-17(9-6-10-22-19)20(25)24-11-3-2-4-12-24/h5-10,13,18H,2-4,11-12,14H2,1H3,(H,22,23). The Morgan fingerprint density at radius 2 is 2.08 bits per heavy atom. The van der Waals surface area contributed by atoms with Crippen molar-refractivity contribution < 1.29 is 4.79 Å². The van der Waals surface area contributed by atoms with Gasteiger partial charge in [-0.1, -0.05) is 23.7 Å². The van der Waals surface area contributed by atoms with Gasteiger partial charge in [0.25, 0.3) is 5.91 Å². The first kappa shape index (κ1) is 19.1. The fourth-order valence-corrected chi connectivity index (χ4v) is 4.09. The van der Waals surface area contributed by atoms with E-state index in [1.165, 1.54) is 6.42 Å². The number of benzene rings is 1. The van der Waals surface area contributed by atoms with Gasteiger partial charge in [-0.15, -0.1) is 0 Å². The molecule has 0 bridgehead atoms. The van der Waals surface area contributed by atoms with Crippen LogP contribution >= 0.6 is 23.4 Å². The highest BCUT2D eigenvalue weighted by Crippen LogP contribution is 2.29. The number of rotatable bonds is 6. The Labute approximate surface area is 164 Å². The molecular formula is C20H24ClN3OS. The smallest absolute Gasteiger partial charge is 0.257 e. The molecule has 1 amide bonds. The van der Waals surface area contributed by atoms with Crippen LogP contribution in [0.3, 0.4) is 0 Å². The minimum Gasteiger partial charge on any atom is -0.368 e. The average Bonchev–Trinajstić information content (AvgIpc) is 2.69. The maximum absolute atomic E-state index is 12.9. The maximum Gasteiger partial charge on any atom is 0.257 e. The van der Waals surface area contributed by atoms with E-state index in [1.54, 1.807) is 18.0 Å². The lowest BCUT2D eigenvalue weighted by Gasteiger charge is -2.27. The zero-order chi connectivity index (χ0) is 18.4. The van der Waals surface area contributed by atoms with E-state index in [0.29, 0.717) is 17.9 Å². The molecule has 1 aromatic carbocycles. The van der Waals surface area contributed by atoms with Gasteiger partial charge in [0.05, 0.1) is 5.56 Å². The van der Waals surface area contributed by atoms with Crippen molar-refractivity contribution in [3.8, 4) is 0 Å². The second kappa shape index (κ2) is 9.28. The predicted molar refractivity (Wildman–Crippen MR) is 110 cm³/mol. The Morgan fingerprint density at radius 1 is 1.27 bits per heavy atom. The van der Waals surface area contributed by atoms with Gasteiger partial charge < -0.3 is 10.2 Å². The minimum atomic E-state index is 0.0729. The summed E-state index contributed by atoms with van der Waals surface area (Å²) >= 11 is 7.87. The predicted octanol–water partition coefficient (Wildman–Crippen LogP) is 4.88. The number of carbonyl (C=O) groups is 1. The zero-order valence-electron chi connectivity index (χ0n) is 15.0. The van der Waals surface area contributed by atoms with Crippen LogP contribution in [0.2, 0.25) is 5.02 Å². The van der Waals surface area contributed by atoms with E-state index in [9.17, 15) is 4.79 Å². The van der Waals surface area contributed by atoms with E-state index < -0.39 is 0 Å². The van der Waals surface area contributed by atoms with Crippen molar-refractivity contribution in [2.75, 3.05) is 31.2 Å². The van der Waals surface area contributed by atoms with Crippen LogP contribution < -0.4 is 5.32 Å². The summed E-state index contributed by atoms with van der Waals surface area (Å²) in [7, 11) is 0. The number of aromatic nitrogens is 1. The summed E-state index contributed by atoms with van der Waals surface area (Å²) in [4.78, 5) is 19.2. The zero-order valence-corrected chi connectivity index (χ0v) is 16.5. The lowest BCUT2D eigenvalue weighted by molar-refractivity contribution is 0.0725. The van der Waals surface area contributed by atoms with Crippen LogP contribution in [-0.4, -0.2) is 41.7 Å². The highest BCUT2D eigenvalue weighted by Gasteiger charge is 2.21. The Morgan fingerprint density at radius 3 is 2.81 bits per heavy atom. The number of nitrogens with zero attached hydrogens (tertiary/aromatic N) is 2. The molecule has 4 nitrogen and oxygen atoms in total. The monoisotopic (exact) mass is 389 g/mol. The van der Waals surface area contributed by atoms with Crippen LogP contribution in [-0.2, 0) is 0 Å². The molecule has 1 fully saturated rings. The largest absolute Gasteiger partial charge is 0.368 e. The van der Waals surface area contributed by atoms with Gasteiger partial charge in [0.1, 0.15) is 5.82 Å².